The van der Waals surface area contributed by atoms with Gasteiger partial charge in [-0.05, 0) is 150 Å². The lowest BCUT2D eigenvalue weighted by Crippen LogP contribution is -2.03. The van der Waals surface area contributed by atoms with Crippen LogP contribution in [0.2, 0.25) is 0 Å². The molecule has 0 nitrogen and oxygen atoms in total. The van der Waals surface area contributed by atoms with Crippen molar-refractivity contribution in [2.45, 2.75) is 0 Å². The molecule has 0 N–H and O–H groups in total. The lowest BCUT2D eigenvalue weighted by molar-refractivity contribution is 1.53. The van der Waals surface area contributed by atoms with Crippen molar-refractivity contribution in [1.29, 1.82) is 0 Å². The van der Waals surface area contributed by atoms with Gasteiger partial charge in [0, 0.05) is 0 Å². The normalized spacial score (nSPS) is 11.8. The Kier molecular flexibility index (Phi) is 8.32. The molecular formula is C64H40. The van der Waals surface area contributed by atoms with Gasteiger partial charge in [-0.15, -0.1) is 0 Å². The van der Waals surface area contributed by atoms with Crippen molar-refractivity contribution in [2.24, 2.45) is 0 Å². The zero-order valence-corrected chi connectivity index (χ0v) is 35.1. The van der Waals surface area contributed by atoms with Crippen molar-refractivity contribution in [2.75, 3.05) is 0 Å². The summed E-state index contributed by atoms with van der Waals surface area (Å²) in [4.78, 5) is 0. The van der Waals surface area contributed by atoms with E-state index >= 15 is 0 Å². The highest BCUT2D eigenvalue weighted by molar-refractivity contribution is 6.34. The maximum Gasteiger partial charge on any atom is -0.000741 e. The van der Waals surface area contributed by atoms with Crippen molar-refractivity contribution >= 4 is 64.6 Å². The molecule has 0 radical (unpaired) electrons. The summed E-state index contributed by atoms with van der Waals surface area (Å²) in [5, 5.41) is 15.2. The van der Waals surface area contributed by atoms with E-state index in [0.29, 0.717) is 0 Å². The minimum atomic E-state index is 1.18. The lowest BCUT2D eigenvalue weighted by atomic mass is 9.73. The summed E-state index contributed by atoms with van der Waals surface area (Å²) in [7, 11) is 0. The Morgan fingerprint density at radius 2 is 0.531 bits per heavy atom. The topological polar surface area (TPSA) is 0 Å². The van der Waals surface area contributed by atoms with Gasteiger partial charge in [0.05, 0.1) is 0 Å². The quantitative estimate of drug-likeness (QED) is 0.116. The Labute approximate surface area is 372 Å². The predicted octanol–water partition coefficient (Wildman–Crippen LogP) is 18.0. The van der Waals surface area contributed by atoms with Crippen molar-refractivity contribution in [3.8, 4) is 66.8 Å². The summed E-state index contributed by atoms with van der Waals surface area (Å²) in [6, 6.07) is 90.3. The maximum atomic E-state index is 2.52. The third-order valence-electron chi connectivity index (χ3n) is 13.5. The molecule has 0 aliphatic heterocycles. The molecule has 0 saturated heterocycles. The van der Waals surface area contributed by atoms with E-state index in [1.807, 2.05) is 0 Å². The average molecular weight is 809 g/mol. The van der Waals surface area contributed by atoms with Gasteiger partial charge in [-0.3, -0.25) is 0 Å². The second-order valence-corrected chi connectivity index (χ2v) is 17.0. The third-order valence-corrected chi connectivity index (χ3v) is 13.5. The summed E-state index contributed by atoms with van der Waals surface area (Å²) in [6.07, 6.45) is 0. The summed E-state index contributed by atoms with van der Waals surface area (Å²) in [5.74, 6) is 0. The highest BCUT2D eigenvalue weighted by Crippen LogP contribution is 2.58. The van der Waals surface area contributed by atoms with Gasteiger partial charge in [-0.1, -0.05) is 224 Å². The molecule has 13 rings (SSSR count). The molecule has 0 amide bonds. The maximum absolute atomic E-state index is 2.52. The average Bonchev–Trinajstić information content (AvgIpc) is 3.37. The van der Waals surface area contributed by atoms with Crippen LogP contribution in [0.1, 0.15) is 0 Å². The first-order valence-corrected chi connectivity index (χ1v) is 22.3. The molecule has 64 heavy (non-hydrogen) atoms. The van der Waals surface area contributed by atoms with Gasteiger partial charge in [0.1, 0.15) is 0 Å². The number of hydrogen-bond donors (Lipinski definition) is 0. The Bertz CT molecular complexity index is 3900. The highest BCUT2D eigenvalue weighted by Gasteiger charge is 2.30. The van der Waals surface area contributed by atoms with Crippen LogP contribution in [0.4, 0.5) is 0 Å². The van der Waals surface area contributed by atoms with Crippen LogP contribution in [0.5, 0.6) is 0 Å². The molecule has 0 spiro atoms. The smallest absolute Gasteiger partial charge is 0.000741 e. The van der Waals surface area contributed by atoms with Crippen molar-refractivity contribution in [1.82, 2.24) is 0 Å². The fourth-order valence-corrected chi connectivity index (χ4v) is 10.9. The second kappa shape index (κ2) is 14.7. The summed E-state index contributed by atoms with van der Waals surface area (Å²) in [6.45, 7) is 0. The van der Waals surface area contributed by atoms with Gasteiger partial charge in [0.15, 0.2) is 0 Å². The summed E-state index contributed by atoms with van der Waals surface area (Å²) < 4.78 is 0. The fraction of sp³-hybridized carbons (Fsp3) is 0. The zero-order valence-electron chi connectivity index (χ0n) is 35.1. The highest BCUT2D eigenvalue weighted by atomic mass is 14.3. The van der Waals surface area contributed by atoms with Crippen LogP contribution in [0, 0.1) is 0 Å². The van der Waals surface area contributed by atoms with Crippen LogP contribution < -0.4 is 0 Å². The molecule has 0 aliphatic rings. The van der Waals surface area contributed by atoms with Gasteiger partial charge in [-0.25, -0.2) is 0 Å². The summed E-state index contributed by atoms with van der Waals surface area (Å²) in [5.41, 5.74) is 14.4. The van der Waals surface area contributed by atoms with Crippen LogP contribution in [-0.2, 0) is 0 Å². The Morgan fingerprint density at radius 1 is 0.172 bits per heavy atom. The molecule has 0 heteroatoms. The first-order chi connectivity index (χ1) is 31.8. The molecule has 296 valence electrons. The lowest BCUT2D eigenvalue weighted by Gasteiger charge is -2.30. The van der Waals surface area contributed by atoms with Crippen LogP contribution >= 0.6 is 0 Å². The van der Waals surface area contributed by atoms with E-state index in [9.17, 15) is 0 Å². The molecule has 0 unspecified atom stereocenters. The number of rotatable bonds is 6. The van der Waals surface area contributed by atoms with E-state index in [2.05, 4.69) is 243 Å². The molecule has 0 aromatic heterocycles. The molecule has 13 aromatic rings. The largest absolute Gasteiger partial charge is 0.0622 e. The minimum Gasteiger partial charge on any atom is -0.0622 e. The standard InChI is InChI=1S/C64H40/c1-5-20-42(21-6-1)59-60(43-22-7-2-8-23-43)62(45-26-11-4-12-27-45)64(55-39-46-28-13-14-32-49(46)50-33-15-16-34-51(50)55)63(61(59)44-24-9-3-10-25-44)48-38-47-31-19-36-53-52-35-17-29-41-30-18-37-54(57(41)52)56(40-48)58(47)53/h1-40H. The Balaban J connectivity index is 1.34. The van der Waals surface area contributed by atoms with Crippen molar-refractivity contribution < 1.29 is 0 Å². The van der Waals surface area contributed by atoms with Gasteiger partial charge < -0.3 is 0 Å². The number of benzene rings is 13. The van der Waals surface area contributed by atoms with Gasteiger partial charge >= 0.3 is 0 Å². The van der Waals surface area contributed by atoms with E-state index in [1.54, 1.807) is 0 Å². The van der Waals surface area contributed by atoms with E-state index in [4.69, 9.17) is 0 Å². The van der Waals surface area contributed by atoms with Crippen molar-refractivity contribution in [3.63, 3.8) is 0 Å². The number of hydrogen-bond acceptors (Lipinski definition) is 0. The molecule has 0 aliphatic carbocycles. The zero-order chi connectivity index (χ0) is 42.1. The third kappa shape index (κ3) is 5.56. The van der Waals surface area contributed by atoms with E-state index < -0.39 is 0 Å². The van der Waals surface area contributed by atoms with Gasteiger partial charge in [0.2, 0.25) is 0 Å². The summed E-state index contributed by atoms with van der Waals surface area (Å²) >= 11 is 0. The van der Waals surface area contributed by atoms with Crippen molar-refractivity contribution in [3.05, 3.63) is 243 Å². The Morgan fingerprint density at radius 3 is 1.06 bits per heavy atom. The molecule has 0 bridgehead atoms. The van der Waals surface area contributed by atoms with E-state index in [0.717, 1.165) is 0 Å². The predicted molar refractivity (Wildman–Crippen MR) is 275 cm³/mol. The van der Waals surface area contributed by atoms with Crippen LogP contribution in [0.15, 0.2) is 243 Å². The first kappa shape index (κ1) is 36.3. The van der Waals surface area contributed by atoms with Crippen LogP contribution in [-0.4, -0.2) is 0 Å². The molecule has 0 atom stereocenters. The van der Waals surface area contributed by atoms with Gasteiger partial charge in [-0.2, -0.15) is 0 Å². The Hall–Kier alpha value is -8.32. The molecule has 0 heterocycles. The van der Waals surface area contributed by atoms with Crippen LogP contribution in [0.3, 0.4) is 0 Å². The van der Waals surface area contributed by atoms with Crippen LogP contribution in [0.25, 0.3) is 131 Å². The fourth-order valence-electron chi connectivity index (χ4n) is 10.9. The van der Waals surface area contributed by atoms with E-state index in [1.165, 1.54) is 131 Å². The molecular weight excluding hydrogens is 769 g/mol. The van der Waals surface area contributed by atoms with Gasteiger partial charge in [0.25, 0.3) is 0 Å². The number of fused-ring (bicyclic) bond motifs is 5. The SMILES string of the molecule is c1ccc(-c2c(-c3ccccc3)c(-c3ccccc3)c(-c3cc4ccccc4c4ccccc34)c(-c3cc4cccc5c6cccc7cccc(c(c3)c45)c76)c2-c2ccccc2)cc1. The first-order valence-electron chi connectivity index (χ1n) is 22.3. The second-order valence-electron chi connectivity index (χ2n) is 17.0. The minimum absolute atomic E-state index is 1.18. The van der Waals surface area contributed by atoms with E-state index in [-0.39, 0.29) is 0 Å². The molecule has 0 fully saturated rings. The molecule has 0 saturated carbocycles. The molecule has 13 aromatic carbocycles. The monoisotopic (exact) mass is 808 g/mol.